The smallest absolute Gasteiger partial charge is 0.227 e. The van der Waals surface area contributed by atoms with Gasteiger partial charge in [-0.05, 0) is 38.5 Å². The van der Waals surface area contributed by atoms with Crippen LogP contribution in [-0.2, 0) is 17.6 Å². The van der Waals surface area contributed by atoms with Gasteiger partial charge in [0.15, 0.2) is 0 Å². The van der Waals surface area contributed by atoms with Crippen molar-refractivity contribution in [3.05, 3.63) is 17.0 Å². The van der Waals surface area contributed by atoms with Crippen molar-refractivity contribution in [2.24, 2.45) is 5.41 Å². The predicted octanol–water partition coefficient (Wildman–Crippen LogP) is 3.70. The average molecular weight is 304 g/mol. The topological polar surface area (TPSA) is 46.3 Å². The Morgan fingerprint density at radius 3 is 2.50 bits per heavy atom. The normalized spacial score (nSPS) is 20.6. The SMILES string of the molecule is CC(C)(C)C(=O)N1CCC(c2onc3c2CCCCC3)CC1. The third-order valence-electron chi connectivity index (χ3n) is 5.03. The zero-order valence-electron chi connectivity index (χ0n) is 14.2. The van der Waals surface area contributed by atoms with Crippen molar-refractivity contribution in [2.75, 3.05) is 13.1 Å². The average Bonchev–Trinajstić information content (AvgIpc) is 2.74. The molecule has 4 nitrogen and oxygen atoms in total. The van der Waals surface area contributed by atoms with Crippen LogP contribution >= 0.6 is 0 Å². The number of likely N-dealkylation sites (tertiary alicyclic amines) is 1. The van der Waals surface area contributed by atoms with E-state index in [9.17, 15) is 4.79 Å². The van der Waals surface area contributed by atoms with Crippen molar-refractivity contribution in [2.45, 2.75) is 71.6 Å². The van der Waals surface area contributed by atoms with Crippen molar-refractivity contribution < 1.29 is 9.32 Å². The van der Waals surface area contributed by atoms with Crippen molar-refractivity contribution >= 4 is 5.91 Å². The van der Waals surface area contributed by atoms with E-state index < -0.39 is 0 Å². The summed E-state index contributed by atoms with van der Waals surface area (Å²) < 4.78 is 5.72. The van der Waals surface area contributed by atoms with Gasteiger partial charge in [-0.2, -0.15) is 0 Å². The Morgan fingerprint density at radius 1 is 1.14 bits per heavy atom. The van der Waals surface area contributed by atoms with Crippen LogP contribution in [0.3, 0.4) is 0 Å². The second-order valence-corrected chi connectivity index (χ2v) is 7.85. The van der Waals surface area contributed by atoms with E-state index in [1.165, 1.54) is 30.5 Å². The van der Waals surface area contributed by atoms with E-state index in [1.807, 2.05) is 25.7 Å². The van der Waals surface area contributed by atoms with Gasteiger partial charge in [-0.15, -0.1) is 0 Å². The second-order valence-electron chi connectivity index (χ2n) is 7.85. The van der Waals surface area contributed by atoms with E-state index in [-0.39, 0.29) is 11.3 Å². The molecule has 1 aliphatic heterocycles. The zero-order chi connectivity index (χ0) is 15.7. The summed E-state index contributed by atoms with van der Waals surface area (Å²) >= 11 is 0. The van der Waals surface area contributed by atoms with Crippen molar-refractivity contribution in [1.82, 2.24) is 10.1 Å². The molecule has 1 aromatic rings. The minimum absolute atomic E-state index is 0.266. The number of aromatic nitrogens is 1. The highest BCUT2D eigenvalue weighted by atomic mass is 16.5. The summed E-state index contributed by atoms with van der Waals surface area (Å²) in [5.41, 5.74) is 2.30. The van der Waals surface area contributed by atoms with E-state index in [0.29, 0.717) is 5.92 Å². The van der Waals surface area contributed by atoms with Crippen LogP contribution in [0.1, 0.15) is 75.8 Å². The summed E-state index contributed by atoms with van der Waals surface area (Å²) in [6.45, 7) is 7.68. The summed E-state index contributed by atoms with van der Waals surface area (Å²) in [5.74, 6) is 1.83. The Morgan fingerprint density at radius 2 is 1.82 bits per heavy atom. The van der Waals surface area contributed by atoms with Gasteiger partial charge in [0.05, 0.1) is 5.69 Å². The lowest BCUT2D eigenvalue weighted by molar-refractivity contribution is -0.140. The van der Waals surface area contributed by atoms with Gasteiger partial charge in [-0.3, -0.25) is 4.79 Å². The van der Waals surface area contributed by atoms with Gasteiger partial charge in [-0.25, -0.2) is 0 Å². The van der Waals surface area contributed by atoms with E-state index in [2.05, 4.69) is 5.16 Å². The van der Waals surface area contributed by atoms with Crippen molar-refractivity contribution in [3.8, 4) is 0 Å². The number of fused-ring (bicyclic) bond motifs is 1. The van der Waals surface area contributed by atoms with E-state index in [4.69, 9.17) is 4.52 Å². The maximum Gasteiger partial charge on any atom is 0.227 e. The zero-order valence-corrected chi connectivity index (χ0v) is 14.2. The summed E-state index contributed by atoms with van der Waals surface area (Å²) in [4.78, 5) is 14.4. The lowest BCUT2D eigenvalue weighted by Gasteiger charge is -2.35. The minimum Gasteiger partial charge on any atom is -0.361 e. The number of carbonyl (C=O) groups excluding carboxylic acids is 1. The van der Waals surface area contributed by atoms with Gasteiger partial charge >= 0.3 is 0 Å². The molecule has 1 saturated heterocycles. The number of carbonyl (C=O) groups is 1. The first-order valence-corrected chi connectivity index (χ1v) is 8.73. The number of piperidine rings is 1. The third-order valence-corrected chi connectivity index (χ3v) is 5.03. The quantitative estimate of drug-likeness (QED) is 0.743. The molecule has 4 heteroatoms. The Bertz CT molecular complexity index is 534. The fraction of sp³-hybridized carbons (Fsp3) is 0.778. The van der Waals surface area contributed by atoms with Gasteiger partial charge < -0.3 is 9.42 Å². The maximum atomic E-state index is 12.4. The van der Waals surface area contributed by atoms with Crippen molar-refractivity contribution in [3.63, 3.8) is 0 Å². The molecule has 22 heavy (non-hydrogen) atoms. The second kappa shape index (κ2) is 6.05. The molecule has 0 unspecified atom stereocenters. The summed E-state index contributed by atoms with van der Waals surface area (Å²) in [6.07, 6.45) is 7.98. The summed E-state index contributed by atoms with van der Waals surface area (Å²) in [5, 5.41) is 4.33. The molecular weight excluding hydrogens is 276 g/mol. The minimum atomic E-state index is -0.282. The summed E-state index contributed by atoms with van der Waals surface area (Å²) in [6, 6.07) is 0. The van der Waals surface area contributed by atoms with Crippen LogP contribution in [0.15, 0.2) is 4.52 Å². The first-order valence-electron chi connectivity index (χ1n) is 8.73. The number of hydrogen-bond acceptors (Lipinski definition) is 3. The number of amides is 1. The highest BCUT2D eigenvalue weighted by Crippen LogP contribution is 2.35. The lowest BCUT2D eigenvalue weighted by Crippen LogP contribution is -2.43. The molecule has 0 radical (unpaired) electrons. The van der Waals surface area contributed by atoms with Gasteiger partial charge in [0.1, 0.15) is 5.76 Å². The van der Waals surface area contributed by atoms with Crippen LogP contribution < -0.4 is 0 Å². The molecule has 0 N–H and O–H groups in total. The third kappa shape index (κ3) is 3.06. The molecule has 122 valence electrons. The molecule has 1 amide bonds. The van der Waals surface area contributed by atoms with Crippen molar-refractivity contribution in [1.29, 1.82) is 0 Å². The van der Waals surface area contributed by atoms with Crippen LogP contribution in [0, 0.1) is 5.41 Å². The highest BCUT2D eigenvalue weighted by molar-refractivity contribution is 5.81. The van der Waals surface area contributed by atoms with Gasteiger partial charge in [0.25, 0.3) is 0 Å². The van der Waals surface area contributed by atoms with Gasteiger partial charge in [0, 0.05) is 30.0 Å². The fourth-order valence-corrected chi connectivity index (χ4v) is 3.73. The molecule has 3 rings (SSSR count). The Kier molecular flexibility index (Phi) is 4.28. The maximum absolute atomic E-state index is 12.4. The monoisotopic (exact) mass is 304 g/mol. The largest absolute Gasteiger partial charge is 0.361 e. The van der Waals surface area contributed by atoms with Crippen LogP contribution in [0.25, 0.3) is 0 Å². The number of rotatable bonds is 1. The molecule has 0 saturated carbocycles. The molecule has 2 aliphatic rings. The molecule has 0 spiro atoms. The van der Waals surface area contributed by atoms with Gasteiger partial charge in [0.2, 0.25) is 5.91 Å². The highest BCUT2D eigenvalue weighted by Gasteiger charge is 2.33. The van der Waals surface area contributed by atoms with E-state index in [1.54, 1.807) is 0 Å². The number of aryl methyl sites for hydroxylation is 1. The first kappa shape index (κ1) is 15.6. The molecule has 2 heterocycles. The Hall–Kier alpha value is -1.32. The van der Waals surface area contributed by atoms with E-state index in [0.717, 1.165) is 44.5 Å². The molecule has 1 aliphatic carbocycles. The lowest BCUT2D eigenvalue weighted by atomic mass is 9.88. The number of hydrogen-bond donors (Lipinski definition) is 0. The molecule has 1 aromatic heterocycles. The van der Waals surface area contributed by atoms with Crippen LogP contribution in [0.5, 0.6) is 0 Å². The molecule has 0 bridgehead atoms. The summed E-state index contributed by atoms with van der Waals surface area (Å²) in [7, 11) is 0. The Balaban J connectivity index is 1.67. The predicted molar refractivity (Wildman–Crippen MR) is 85.8 cm³/mol. The molecule has 0 aromatic carbocycles. The molecular formula is C18H28N2O2. The Labute approximate surface area is 133 Å². The fourth-order valence-electron chi connectivity index (χ4n) is 3.73. The standard InChI is InChI=1S/C18H28N2O2/c1-18(2,3)17(21)20-11-9-13(10-12-20)16-14-7-5-4-6-8-15(14)19-22-16/h13H,4-12H2,1-3H3. The first-order chi connectivity index (χ1) is 10.5. The van der Waals surface area contributed by atoms with E-state index >= 15 is 0 Å². The van der Waals surface area contributed by atoms with Crippen LogP contribution in [-0.4, -0.2) is 29.1 Å². The molecule has 1 fully saturated rings. The molecule has 0 atom stereocenters. The number of nitrogens with zero attached hydrogens (tertiary/aromatic N) is 2. The van der Waals surface area contributed by atoms with Crippen LogP contribution in [0.4, 0.5) is 0 Å². The van der Waals surface area contributed by atoms with Gasteiger partial charge in [-0.1, -0.05) is 32.3 Å². The van der Waals surface area contributed by atoms with Crippen LogP contribution in [0.2, 0.25) is 0 Å².